The Bertz CT molecular complexity index is 827. The van der Waals surface area contributed by atoms with Gasteiger partial charge in [0, 0.05) is 29.0 Å². The van der Waals surface area contributed by atoms with E-state index >= 15 is 0 Å². The fraction of sp³-hybridized carbons (Fsp3) is 0.0714. The van der Waals surface area contributed by atoms with Crippen molar-refractivity contribution in [3.8, 4) is 0 Å². The standard InChI is InChI=1S/C14H9F3N4O/c15-14(16,17)12-6-8-5-9(1-2-10(8)21-12)20-13(22)11-7-18-3-4-19-11/h1-7,21H,(H,20,22). The van der Waals surface area contributed by atoms with Gasteiger partial charge in [0.15, 0.2) is 0 Å². The van der Waals surface area contributed by atoms with Crippen molar-refractivity contribution >= 4 is 22.5 Å². The number of carbonyl (C=O) groups excluding carboxylic acids is 1. The van der Waals surface area contributed by atoms with E-state index in [-0.39, 0.29) is 5.69 Å². The highest BCUT2D eigenvalue weighted by Gasteiger charge is 2.32. The van der Waals surface area contributed by atoms with Gasteiger partial charge in [-0.1, -0.05) is 0 Å². The van der Waals surface area contributed by atoms with Gasteiger partial charge in [-0.15, -0.1) is 0 Å². The van der Waals surface area contributed by atoms with E-state index in [1.165, 1.54) is 36.8 Å². The van der Waals surface area contributed by atoms with Crippen LogP contribution < -0.4 is 5.32 Å². The number of benzene rings is 1. The molecule has 2 N–H and O–H groups in total. The van der Waals surface area contributed by atoms with Crippen molar-refractivity contribution in [1.29, 1.82) is 0 Å². The summed E-state index contributed by atoms with van der Waals surface area (Å²) in [5.74, 6) is -0.487. The maximum atomic E-state index is 12.6. The third kappa shape index (κ3) is 2.76. The minimum atomic E-state index is -4.44. The molecule has 0 saturated heterocycles. The molecular weight excluding hydrogens is 297 g/mol. The Balaban J connectivity index is 1.88. The minimum Gasteiger partial charge on any atom is -0.351 e. The third-order valence-corrected chi connectivity index (χ3v) is 2.98. The summed E-state index contributed by atoms with van der Waals surface area (Å²) in [4.78, 5) is 21.8. The minimum absolute atomic E-state index is 0.118. The molecule has 0 fully saturated rings. The van der Waals surface area contributed by atoms with Crippen LogP contribution in [0.25, 0.3) is 10.9 Å². The Morgan fingerprint density at radius 2 is 2.00 bits per heavy atom. The number of halogens is 3. The number of nitrogens with zero attached hydrogens (tertiary/aromatic N) is 2. The van der Waals surface area contributed by atoms with Gasteiger partial charge in [0.1, 0.15) is 11.4 Å². The summed E-state index contributed by atoms with van der Waals surface area (Å²) >= 11 is 0. The zero-order chi connectivity index (χ0) is 15.7. The number of amides is 1. The highest BCUT2D eigenvalue weighted by molar-refractivity contribution is 6.03. The molecule has 5 nitrogen and oxygen atoms in total. The van der Waals surface area contributed by atoms with Gasteiger partial charge in [0.05, 0.1) is 6.20 Å². The average Bonchev–Trinajstić information content (AvgIpc) is 2.91. The van der Waals surface area contributed by atoms with Crippen molar-refractivity contribution in [2.75, 3.05) is 5.32 Å². The second-order valence-corrected chi connectivity index (χ2v) is 4.53. The van der Waals surface area contributed by atoms with E-state index in [0.717, 1.165) is 6.07 Å². The van der Waals surface area contributed by atoms with Crippen LogP contribution in [0.4, 0.5) is 18.9 Å². The Kier molecular flexibility index (Phi) is 3.28. The SMILES string of the molecule is O=C(Nc1ccc2[nH]c(C(F)(F)F)cc2c1)c1cnccn1. The topological polar surface area (TPSA) is 70.7 Å². The van der Waals surface area contributed by atoms with E-state index in [9.17, 15) is 18.0 Å². The van der Waals surface area contributed by atoms with Crippen molar-refractivity contribution in [3.05, 3.63) is 54.2 Å². The summed E-state index contributed by atoms with van der Waals surface area (Å²) in [7, 11) is 0. The van der Waals surface area contributed by atoms with E-state index in [4.69, 9.17) is 0 Å². The van der Waals surface area contributed by atoms with Gasteiger partial charge in [-0.25, -0.2) is 4.98 Å². The largest absolute Gasteiger partial charge is 0.431 e. The molecule has 1 aromatic carbocycles. The zero-order valence-corrected chi connectivity index (χ0v) is 11.0. The van der Waals surface area contributed by atoms with Crippen LogP contribution >= 0.6 is 0 Å². The van der Waals surface area contributed by atoms with Crippen molar-refractivity contribution in [2.45, 2.75) is 6.18 Å². The quantitative estimate of drug-likeness (QED) is 0.763. The molecule has 1 amide bonds. The lowest BCUT2D eigenvalue weighted by Crippen LogP contribution is -2.13. The Labute approximate surface area is 122 Å². The maximum absolute atomic E-state index is 12.6. The van der Waals surface area contributed by atoms with Gasteiger partial charge in [0.25, 0.3) is 5.91 Å². The average molecular weight is 306 g/mol. The van der Waals surface area contributed by atoms with E-state index in [1.807, 2.05) is 0 Å². The van der Waals surface area contributed by atoms with Crippen molar-refractivity contribution in [3.63, 3.8) is 0 Å². The second-order valence-electron chi connectivity index (χ2n) is 4.53. The summed E-state index contributed by atoms with van der Waals surface area (Å²) in [5, 5.41) is 2.91. The van der Waals surface area contributed by atoms with Crippen molar-refractivity contribution in [2.24, 2.45) is 0 Å². The molecule has 0 aliphatic heterocycles. The lowest BCUT2D eigenvalue weighted by molar-refractivity contribution is -0.140. The molecule has 22 heavy (non-hydrogen) atoms. The monoisotopic (exact) mass is 306 g/mol. The van der Waals surface area contributed by atoms with E-state index in [1.54, 1.807) is 0 Å². The molecule has 0 bridgehead atoms. The number of H-pyrrole nitrogens is 1. The summed E-state index contributed by atoms with van der Waals surface area (Å²) in [6.07, 6.45) is -0.338. The molecule has 0 aliphatic carbocycles. The number of fused-ring (bicyclic) bond motifs is 1. The first kappa shape index (κ1) is 14.1. The van der Waals surface area contributed by atoms with Crippen LogP contribution in [0.3, 0.4) is 0 Å². The van der Waals surface area contributed by atoms with Crippen LogP contribution in [0.15, 0.2) is 42.9 Å². The van der Waals surface area contributed by atoms with Crippen LogP contribution in [-0.4, -0.2) is 20.9 Å². The smallest absolute Gasteiger partial charge is 0.351 e. The lowest BCUT2D eigenvalue weighted by Gasteiger charge is -2.04. The predicted octanol–water partition coefficient (Wildman–Crippen LogP) is 3.23. The first-order valence-electron chi connectivity index (χ1n) is 6.21. The summed E-state index contributed by atoms with van der Waals surface area (Å²) in [5.41, 5.74) is -0.00625. The third-order valence-electron chi connectivity index (χ3n) is 2.98. The number of aromatic nitrogens is 3. The predicted molar refractivity (Wildman–Crippen MR) is 73.3 cm³/mol. The highest BCUT2D eigenvalue weighted by atomic mass is 19.4. The summed E-state index contributed by atoms with van der Waals surface area (Å²) < 4.78 is 37.9. The van der Waals surface area contributed by atoms with E-state index in [0.29, 0.717) is 16.6 Å². The number of hydrogen-bond donors (Lipinski definition) is 2. The fourth-order valence-corrected chi connectivity index (χ4v) is 1.97. The molecule has 0 spiro atoms. The van der Waals surface area contributed by atoms with Crippen LogP contribution in [0.5, 0.6) is 0 Å². The highest BCUT2D eigenvalue weighted by Crippen LogP contribution is 2.31. The molecule has 0 saturated carbocycles. The first-order valence-corrected chi connectivity index (χ1v) is 6.21. The normalized spacial score (nSPS) is 11.6. The van der Waals surface area contributed by atoms with E-state index < -0.39 is 17.8 Å². The number of hydrogen-bond acceptors (Lipinski definition) is 3. The second kappa shape index (κ2) is 5.14. The summed E-state index contributed by atoms with van der Waals surface area (Å²) in [6.45, 7) is 0. The molecular formula is C14H9F3N4O. The van der Waals surface area contributed by atoms with Crippen molar-refractivity contribution in [1.82, 2.24) is 15.0 Å². The number of carbonyl (C=O) groups is 1. The number of aromatic amines is 1. The van der Waals surface area contributed by atoms with E-state index in [2.05, 4.69) is 20.3 Å². The number of rotatable bonds is 2. The van der Waals surface area contributed by atoms with Gasteiger partial charge in [-0.3, -0.25) is 9.78 Å². The zero-order valence-electron chi connectivity index (χ0n) is 11.0. The number of anilines is 1. The molecule has 0 unspecified atom stereocenters. The lowest BCUT2D eigenvalue weighted by atomic mass is 10.2. The van der Waals surface area contributed by atoms with Crippen LogP contribution in [-0.2, 0) is 6.18 Å². The van der Waals surface area contributed by atoms with Crippen LogP contribution in [0, 0.1) is 0 Å². The van der Waals surface area contributed by atoms with Crippen LogP contribution in [0.1, 0.15) is 16.2 Å². The fourth-order valence-electron chi connectivity index (χ4n) is 1.97. The molecule has 3 aromatic rings. The Hall–Kier alpha value is -2.90. The van der Waals surface area contributed by atoms with Crippen molar-refractivity contribution < 1.29 is 18.0 Å². The molecule has 0 aliphatic rings. The first-order chi connectivity index (χ1) is 10.4. The molecule has 112 valence electrons. The molecule has 3 rings (SSSR count). The molecule has 0 atom stereocenters. The molecule has 8 heteroatoms. The Morgan fingerprint density at radius 3 is 2.68 bits per heavy atom. The molecule has 0 radical (unpaired) electrons. The number of nitrogens with one attached hydrogen (secondary N) is 2. The van der Waals surface area contributed by atoms with Gasteiger partial charge in [-0.05, 0) is 24.3 Å². The van der Waals surface area contributed by atoms with Gasteiger partial charge >= 0.3 is 6.18 Å². The van der Waals surface area contributed by atoms with Gasteiger partial charge in [0.2, 0.25) is 0 Å². The summed E-state index contributed by atoms with van der Waals surface area (Å²) in [6, 6.07) is 5.42. The van der Waals surface area contributed by atoms with Gasteiger partial charge in [-0.2, -0.15) is 13.2 Å². The van der Waals surface area contributed by atoms with Crippen LogP contribution in [0.2, 0.25) is 0 Å². The Morgan fingerprint density at radius 1 is 1.18 bits per heavy atom. The van der Waals surface area contributed by atoms with Gasteiger partial charge < -0.3 is 10.3 Å². The number of alkyl halides is 3. The molecule has 2 aromatic heterocycles. The molecule has 2 heterocycles. The maximum Gasteiger partial charge on any atom is 0.431 e.